The third kappa shape index (κ3) is 2.92. The fourth-order valence-corrected chi connectivity index (χ4v) is 1.91. The molecule has 0 saturated heterocycles. The van der Waals surface area contributed by atoms with Crippen LogP contribution in [0.25, 0.3) is 0 Å². The van der Waals surface area contributed by atoms with Gasteiger partial charge in [-0.1, -0.05) is 6.07 Å². The molecule has 7 nitrogen and oxygen atoms in total. The van der Waals surface area contributed by atoms with Crippen LogP contribution in [0, 0.1) is 10.1 Å². The number of nitro groups is 1. The number of carbonyl (C=O) groups is 2. The number of anilines is 1. The van der Waals surface area contributed by atoms with Crippen molar-refractivity contribution in [3.05, 3.63) is 34.4 Å². The van der Waals surface area contributed by atoms with Gasteiger partial charge in [-0.3, -0.25) is 19.7 Å². The van der Waals surface area contributed by atoms with E-state index in [1.165, 1.54) is 23.3 Å². The summed E-state index contributed by atoms with van der Waals surface area (Å²) in [5.74, 6) is -0.270. The van der Waals surface area contributed by atoms with Gasteiger partial charge in [-0.25, -0.2) is 5.06 Å². The first-order valence-electron chi connectivity index (χ1n) is 6.43. The highest BCUT2D eigenvalue weighted by Crippen LogP contribution is 2.41. The van der Waals surface area contributed by atoms with Crippen molar-refractivity contribution in [3.63, 3.8) is 0 Å². The van der Waals surface area contributed by atoms with E-state index in [9.17, 15) is 19.7 Å². The van der Waals surface area contributed by atoms with Gasteiger partial charge in [0, 0.05) is 18.6 Å². The molecular formula is C14H16N2O5. The number of Topliss-reactive ketones (excluding diaryl/α,β-unsaturated/α-hetero) is 1. The predicted octanol–water partition coefficient (Wildman–Crippen LogP) is 2.04. The Balaban J connectivity index is 2.45. The predicted molar refractivity (Wildman–Crippen MR) is 74.8 cm³/mol. The topological polar surface area (TPSA) is 89.8 Å². The number of ketones is 1. The number of benzene rings is 1. The van der Waals surface area contributed by atoms with E-state index in [1.54, 1.807) is 26.8 Å². The number of carbonyl (C=O) groups excluding carboxylic acids is 2. The number of rotatable bonds is 5. The molecule has 0 heterocycles. The standard InChI is InChI=1S/C14H16N2O5/c1-13(2,3)21-15(14(9-17)8-12(14)18)10-5-4-6-11(7-10)16(19)20/h4-7,9H,8H2,1-3H3/t14-/m0/s1. The molecule has 1 fully saturated rings. The largest absolute Gasteiger partial charge is 0.300 e. The third-order valence-electron chi connectivity index (χ3n) is 2.99. The van der Waals surface area contributed by atoms with Crippen LogP contribution >= 0.6 is 0 Å². The molecule has 1 aromatic carbocycles. The number of hydrogen-bond acceptors (Lipinski definition) is 6. The van der Waals surface area contributed by atoms with Crippen LogP contribution in [-0.2, 0) is 14.4 Å². The summed E-state index contributed by atoms with van der Waals surface area (Å²) in [5, 5.41) is 12.1. The normalized spacial score (nSPS) is 21.0. The molecule has 0 unspecified atom stereocenters. The zero-order valence-electron chi connectivity index (χ0n) is 12.0. The SMILES string of the molecule is CC(C)(C)ON(c1cccc([N+](=O)[O-])c1)[C@]1(C=O)CC1=O. The Morgan fingerprint density at radius 2 is 2.05 bits per heavy atom. The van der Waals surface area contributed by atoms with E-state index in [4.69, 9.17) is 4.84 Å². The molecule has 0 N–H and O–H groups in total. The molecule has 2 rings (SSSR count). The second kappa shape index (κ2) is 4.92. The van der Waals surface area contributed by atoms with E-state index >= 15 is 0 Å². The average molecular weight is 292 g/mol. The smallest absolute Gasteiger partial charge is 0.271 e. The van der Waals surface area contributed by atoms with Crippen molar-refractivity contribution in [2.75, 3.05) is 5.06 Å². The monoisotopic (exact) mass is 292 g/mol. The highest BCUT2D eigenvalue weighted by molar-refractivity contribution is 6.21. The molecule has 112 valence electrons. The molecule has 0 radical (unpaired) electrons. The maximum Gasteiger partial charge on any atom is 0.271 e. The Bertz CT molecular complexity index is 608. The van der Waals surface area contributed by atoms with E-state index in [-0.39, 0.29) is 17.9 Å². The maximum atomic E-state index is 11.7. The Morgan fingerprint density at radius 1 is 1.43 bits per heavy atom. The van der Waals surface area contributed by atoms with Crippen LogP contribution in [0.4, 0.5) is 11.4 Å². The van der Waals surface area contributed by atoms with Crippen LogP contribution < -0.4 is 5.06 Å². The van der Waals surface area contributed by atoms with Crippen LogP contribution in [0.15, 0.2) is 24.3 Å². The molecule has 1 atom stereocenters. The van der Waals surface area contributed by atoms with Gasteiger partial charge in [0.15, 0.2) is 17.6 Å². The summed E-state index contributed by atoms with van der Waals surface area (Å²) in [6, 6.07) is 5.66. The van der Waals surface area contributed by atoms with Gasteiger partial charge in [-0.15, -0.1) is 0 Å². The highest BCUT2D eigenvalue weighted by Gasteiger charge is 2.61. The molecule has 0 aromatic heterocycles. The Hall–Kier alpha value is -2.28. The van der Waals surface area contributed by atoms with Crippen molar-refractivity contribution in [2.24, 2.45) is 0 Å². The molecule has 1 aromatic rings. The van der Waals surface area contributed by atoms with Crippen LogP contribution in [0.5, 0.6) is 0 Å². The second-order valence-electron chi connectivity index (χ2n) is 5.92. The minimum atomic E-state index is -1.37. The van der Waals surface area contributed by atoms with Gasteiger partial charge in [-0.2, -0.15) is 0 Å². The summed E-state index contributed by atoms with van der Waals surface area (Å²) in [4.78, 5) is 39.1. The van der Waals surface area contributed by atoms with Gasteiger partial charge in [0.05, 0.1) is 16.2 Å². The van der Waals surface area contributed by atoms with E-state index in [2.05, 4.69) is 0 Å². The number of nitrogens with zero attached hydrogens (tertiary/aromatic N) is 2. The van der Waals surface area contributed by atoms with E-state index in [1.807, 2.05) is 0 Å². The Kier molecular flexibility index (Phi) is 3.54. The van der Waals surface area contributed by atoms with Gasteiger partial charge >= 0.3 is 0 Å². The molecule has 0 aliphatic heterocycles. The lowest BCUT2D eigenvalue weighted by molar-refractivity contribution is -0.384. The van der Waals surface area contributed by atoms with Crippen molar-refractivity contribution in [1.29, 1.82) is 0 Å². The van der Waals surface area contributed by atoms with Crippen LogP contribution in [0.2, 0.25) is 0 Å². The van der Waals surface area contributed by atoms with Crippen molar-refractivity contribution in [3.8, 4) is 0 Å². The first kappa shape index (κ1) is 15.1. The molecule has 0 amide bonds. The zero-order valence-corrected chi connectivity index (χ0v) is 12.0. The fraction of sp³-hybridized carbons (Fsp3) is 0.429. The van der Waals surface area contributed by atoms with E-state index in [0.717, 1.165) is 0 Å². The summed E-state index contributed by atoms with van der Waals surface area (Å²) in [6.45, 7) is 5.30. The maximum absolute atomic E-state index is 11.7. The first-order chi connectivity index (χ1) is 9.69. The first-order valence-corrected chi connectivity index (χ1v) is 6.43. The highest BCUT2D eigenvalue weighted by atomic mass is 16.7. The molecule has 21 heavy (non-hydrogen) atoms. The van der Waals surface area contributed by atoms with Gasteiger partial charge in [-0.05, 0) is 26.8 Å². The van der Waals surface area contributed by atoms with E-state index in [0.29, 0.717) is 12.0 Å². The number of hydroxylamine groups is 1. The van der Waals surface area contributed by atoms with Crippen LogP contribution in [-0.4, -0.2) is 28.1 Å². The van der Waals surface area contributed by atoms with Gasteiger partial charge in [0.25, 0.3) is 5.69 Å². The minimum absolute atomic E-state index is 0.0370. The lowest BCUT2D eigenvalue weighted by atomic mass is 10.2. The van der Waals surface area contributed by atoms with Gasteiger partial charge in [0.1, 0.15) is 0 Å². The quantitative estimate of drug-likeness (QED) is 0.357. The average Bonchev–Trinajstić information content (AvgIpc) is 3.07. The van der Waals surface area contributed by atoms with Crippen molar-refractivity contribution < 1.29 is 19.3 Å². The lowest BCUT2D eigenvalue weighted by Gasteiger charge is -2.34. The summed E-state index contributed by atoms with van der Waals surface area (Å²) in [6.07, 6.45) is 0.565. The summed E-state index contributed by atoms with van der Waals surface area (Å²) in [5.41, 5.74) is -1.87. The molecule has 7 heteroatoms. The number of non-ortho nitro benzene ring substituents is 1. The van der Waals surface area contributed by atoms with E-state index < -0.39 is 16.1 Å². The Labute approximate surface area is 121 Å². The zero-order chi connectivity index (χ0) is 15.8. The molecular weight excluding hydrogens is 276 g/mol. The Morgan fingerprint density at radius 3 is 2.48 bits per heavy atom. The molecule has 1 aliphatic carbocycles. The van der Waals surface area contributed by atoms with Gasteiger partial charge in [0.2, 0.25) is 0 Å². The second-order valence-corrected chi connectivity index (χ2v) is 5.92. The number of hydrogen-bond donors (Lipinski definition) is 0. The molecule has 1 saturated carbocycles. The van der Waals surface area contributed by atoms with Crippen molar-refractivity contribution in [1.82, 2.24) is 0 Å². The van der Waals surface area contributed by atoms with Crippen LogP contribution in [0.1, 0.15) is 27.2 Å². The van der Waals surface area contributed by atoms with Crippen molar-refractivity contribution in [2.45, 2.75) is 38.3 Å². The summed E-state index contributed by atoms with van der Waals surface area (Å²) < 4.78 is 0. The minimum Gasteiger partial charge on any atom is -0.300 e. The molecule has 1 aliphatic rings. The van der Waals surface area contributed by atoms with Crippen LogP contribution in [0.3, 0.4) is 0 Å². The van der Waals surface area contributed by atoms with Gasteiger partial charge < -0.3 is 4.79 Å². The number of nitro benzene ring substituents is 1. The lowest BCUT2D eigenvalue weighted by Crippen LogP contribution is -2.45. The molecule has 0 bridgehead atoms. The number of aldehydes is 1. The van der Waals surface area contributed by atoms with Crippen molar-refractivity contribution >= 4 is 23.4 Å². The summed E-state index contributed by atoms with van der Waals surface area (Å²) >= 11 is 0. The molecule has 0 spiro atoms. The third-order valence-corrected chi connectivity index (χ3v) is 2.99. The fourth-order valence-electron chi connectivity index (χ4n) is 1.91. The summed E-state index contributed by atoms with van der Waals surface area (Å²) in [7, 11) is 0.